The van der Waals surface area contributed by atoms with E-state index in [4.69, 9.17) is 0 Å². The summed E-state index contributed by atoms with van der Waals surface area (Å²) < 4.78 is 139. The largest absolute Gasteiger partial charge is 0.426 e. The normalized spacial score (nSPS) is 32.3. The summed E-state index contributed by atoms with van der Waals surface area (Å²) in [6, 6.07) is 20.5. The first kappa shape index (κ1) is 57.7. The Morgan fingerprint density at radius 2 is 0.923 bits per heavy atom. The van der Waals surface area contributed by atoms with Crippen LogP contribution in [0.3, 0.4) is 0 Å². The molecule has 0 bridgehead atoms. The lowest BCUT2D eigenvalue weighted by Crippen LogP contribution is -2.52. The van der Waals surface area contributed by atoms with Gasteiger partial charge in [0.05, 0.1) is 11.2 Å². The zero-order chi connectivity index (χ0) is 56.8. The van der Waals surface area contributed by atoms with Crippen molar-refractivity contribution in [2.45, 2.75) is 189 Å². The van der Waals surface area contributed by atoms with Crippen LogP contribution < -0.4 is 0 Å². The predicted molar refractivity (Wildman–Crippen MR) is 277 cm³/mol. The van der Waals surface area contributed by atoms with Crippen LogP contribution >= 0.6 is 0 Å². The van der Waals surface area contributed by atoms with E-state index in [-0.39, 0.29) is 59.2 Å². The van der Waals surface area contributed by atoms with Gasteiger partial charge in [0.25, 0.3) is 0 Å². The second-order valence-corrected chi connectivity index (χ2v) is 25.0. The number of carbonyl (C=O) groups is 2. The number of halogens is 10. The van der Waals surface area contributed by atoms with Crippen molar-refractivity contribution < 1.29 is 63.7 Å². The molecule has 4 aromatic rings. The lowest BCUT2D eigenvalue weighted by atomic mass is 9.63. The molecule has 2 amide bonds. The van der Waals surface area contributed by atoms with Crippen LogP contribution in [0.1, 0.15) is 150 Å². The smallest absolute Gasteiger partial charge is 0.390 e. The van der Waals surface area contributed by atoms with Crippen LogP contribution in [0.15, 0.2) is 84.9 Å². The number of fused-ring (bicyclic) bond motifs is 6. The first-order valence-electron chi connectivity index (χ1n) is 27.6. The van der Waals surface area contributed by atoms with E-state index in [0.717, 1.165) is 22.3 Å². The molecule has 8 unspecified atom stereocenters. The number of likely N-dealkylation sites (tertiary alicyclic amines) is 2. The quantitative estimate of drug-likeness (QED) is 0.172. The Balaban J connectivity index is 0.000000190. The SMILES string of the molecule is C[C@H]1CC(C)(O)CC[C@H]1C(=O)N1CCC2(Cc3cccc(F)c3)c3ccc(C(C)(F)C(F)(F)F)cc3CCC12.C[C@H]1CC(C)(O)CC[C@H]1C(=O)N1CCC2(Cc3cccc(F)c3)c3ccc(C(C)(F)C(F)(F)F)cc3CCC12. The number of benzene rings is 4. The first-order chi connectivity index (χ1) is 36.3. The highest BCUT2D eigenvalue weighted by Crippen LogP contribution is 2.54. The highest BCUT2D eigenvalue weighted by atomic mass is 19.4. The molecule has 2 saturated heterocycles. The van der Waals surface area contributed by atoms with E-state index in [9.17, 15) is 63.7 Å². The standard InChI is InChI=1S/2C31H36F5NO2/c2*1-19-17-28(2,39)12-11-24(19)27(38)37-14-13-30(18-20-5-4-6-23(32)15-20)25-9-8-22(29(3,33)31(34,35)36)16-21(25)7-10-26(30)37/h2*4-6,8-9,15-16,19,24,26,39H,7,10-14,17-18H2,1-3H3/t2*19-,24+,26?,28?,29?,30?/m00/s1. The van der Waals surface area contributed by atoms with E-state index in [1.54, 1.807) is 38.1 Å². The van der Waals surface area contributed by atoms with Gasteiger partial charge in [-0.25, -0.2) is 17.6 Å². The van der Waals surface area contributed by atoms with Crippen molar-refractivity contribution >= 4 is 11.8 Å². The molecular weight excluding hydrogens is 1030 g/mol. The molecule has 16 heteroatoms. The van der Waals surface area contributed by atoms with Gasteiger partial charge in [-0.05, 0) is 198 Å². The van der Waals surface area contributed by atoms with Gasteiger partial charge in [0.2, 0.25) is 23.2 Å². The fourth-order valence-corrected chi connectivity index (χ4v) is 15.1. The van der Waals surface area contributed by atoms with Crippen molar-refractivity contribution in [1.29, 1.82) is 0 Å². The average molecular weight is 1100 g/mol. The number of amides is 2. The Morgan fingerprint density at radius 3 is 1.26 bits per heavy atom. The van der Waals surface area contributed by atoms with Gasteiger partial charge in [-0.3, -0.25) is 9.59 Å². The third-order valence-corrected chi connectivity index (χ3v) is 19.3. The summed E-state index contributed by atoms with van der Waals surface area (Å²) in [4.78, 5) is 31.8. The Bertz CT molecular complexity index is 2700. The summed E-state index contributed by atoms with van der Waals surface area (Å²) in [6.45, 7) is 9.67. The Kier molecular flexibility index (Phi) is 15.2. The highest BCUT2D eigenvalue weighted by Gasteiger charge is 2.59. The third-order valence-electron chi connectivity index (χ3n) is 19.3. The molecule has 4 aromatic carbocycles. The number of alkyl halides is 8. The van der Waals surface area contributed by atoms with Gasteiger partial charge in [-0.2, -0.15) is 26.3 Å². The molecule has 2 heterocycles. The van der Waals surface area contributed by atoms with Crippen molar-refractivity contribution in [2.24, 2.45) is 23.7 Å². The van der Waals surface area contributed by atoms with E-state index in [2.05, 4.69) is 0 Å². The molecule has 4 fully saturated rings. The van der Waals surface area contributed by atoms with Crippen molar-refractivity contribution in [3.05, 3.63) is 141 Å². The number of rotatable bonds is 8. The third kappa shape index (κ3) is 10.6. The summed E-state index contributed by atoms with van der Waals surface area (Å²) in [5.41, 5.74) is -6.19. The fraction of sp³-hybridized carbons (Fsp3) is 0.581. The van der Waals surface area contributed by atoms with Crippen LogP contribution in [-0.2, 0) is 57.4 Å². The fourth-order valence-electron chi connectivity index (χ4n) is 15.1. The molecule has 0 radical (unpaired) electrons. The van der Waals surface area contributed by atoms with Crippen LogP contribution in [0.2, 0.25) is 0 Å². The van der Waals surface area contributed by atoms with Gasteiger partial charge in [0.15, 0.2) is 0 Å². The molecule has 78 heavy (non-hydrogen) atoms. The number of nitrogens with zero attached hydrogens (tertiary/aromatic N) is 2. The number of aliphatic hydroxyl groups is 2. The second-order valence-electron chi connectivity index (χ2n) is 25.0. The maximum Gasteiger partial charge on any atom is 0.426 e. The van der Waals surface area contributed by atoms with Crippen LogP contribution in [0.4, 0.5) is 43.9 Å². The predicted octanol–water partition coefficient (Wildman–Crippen LogP) is 13.6. The van der Waals surface area contributed by atoms with E-state index in [1.165, 1.54) is 48.5 Å². The van der Waals surface area contributed by atoms with E-state index in [1.807, 2.05) is 35.8 Å². The van der Waals surface area contributed by atoms with Crippen LogP contribution in [0.5, 0.6) is 0 Å². The topological polar surface area (TPSA) is 81.1 Å². The number of aryl methyl sites for hydroxylation is 2. The maximum atomic E-state index is 14.9. The van der Waals surface area contributed by atoms with Crippen LogP contribution in [0.25, 0.3) is 0 Å². The summed E-state index contributed by atoms with van der Waals surface area (Å²) in [5, 5.41) is 21.0. The van der Waals surface area contributed by atoms with Crippen molar-refractivity contribution in [2.75, 3.05) is 13.1 Å². The summed E-state index contributed by atoms with van der Waals surface area (Å²) in [5.74, 6) is -1.03. The minimum atomic E-state index is -5.05. The molecule has 424 valence electrons. The second kappa shape index (κ2) is 20.5. The van der Waals surface area contributed by atoms with Crippen molar-refractivity contribution in [3.63, 3.8) is 0 Å². The lowest BCUT2D eigenvalue weighted by molar-refractivity contribution is -0.229. The van der Waals surface area contributed by atoms with Gasteiger partial charge in [0.1, 0.15) is 11.6 Å². The van der Waals surface area contributed by atoms with Gasteiger partial charge < -0.3 is 20.0 Å². The summed E-state index contributed by atoms with van der Waals surface area (Å²) in [6.07, 6.45) is -2.79. The van der Waals surface area contributed by atoms with E-state index >= 15 is 0 Å². The molecule has 4 aliphatic carbocycles. The van der Waals surface area contributed by atoms with Gasteiger partial charge in [-0.1, -0.05) is 74.5 Å². The Morgan fingerprint density at radius 1 is 0.551 bits per heavy atom. The highest BCUT2D eigenvalue weighted by molar-refractivity contribution is 5.81. The minimum Gasteiger partial charge on any atom is -0.390 e. The monoisotopic (exact) mass is 1100 g/mol. The molecule has 12 atom stereocenters. The zero-order valence-corrected chi connectivity index (χ0v) is 45.2. The molecule has 10 rings (SSSR count). The summed E-state index contributed by atoms with van der Waals surface area (Å²) >= 11 is 0. The van der Waals surface area contributed by atoms with Gasteiger partial charge in [-0.15, -0.1) is 0 Å². The Labute approximate surface area is 451 Å². The molecular formula is C62H72F10N2O4. The zero-order valence-electron chi connectivity index (χ0n) is 45.2. The van der Waals surface area contributed by atoms with Crippen LogP contribution in [-0.4, -0.2) is 80.6 Å². The molecule has 2 saturated carbocycles. The molecule has 0 spiro atoms. The number of hydrogen-bond donors (Lipinski definition) is 2. The molecule has 0 aromatic heterocycles. The number of carbonyl (C=O) groups excluding carboxylic acids is 2. The average Bonchev–Trinajstić information content (AvgIpc) is 4.12. The first-order valence-corrected chi connectivity index (χ1v) is 27.6. The van der Waals surface area contributed by atoms with Gasteiger partial charge >= 0.3 is 12.4 Å². The maximum absolute atomic E-state index is 14.9. The number of hydrogen-bond acceptors (Lipinski definition) is 4. The van der Waals surface area contributed by atoms with Gasteiger partial charge in [0, 0.05) is 47.8 Å². The van der Waals surface area contributed by atoms with Crippen molar-refractivity contribution in [1.82, 2.24) is 9.80 Å². The minimum absolute atomic E-state index is 0.0162. The molecule has 2 aliphatic heterocycles. The lowest BCUT2D eigenvalue weighted by Gasteiger charge is -2.46. The van der Waals surface area contributed by atoms with Crippen molar-refractivity contribution in [3.8, 4) is 0 Å². The van der Waals surface area contributed by atoms with E-state index in [0.29, 0.717) is 128 Å². The molecule has 6 aliphatic rings. The molecule has 6 nitrogen and oxygen atoms in total. The van der Waals surface area contributed by atoms with E-state index < -0.39 is 56.8 Å². The molecule has 2 N–H and O–H groups in total. The summed E-state index contributed by atoms with van der Waals surface area (Å²) in [7, 11) is 0. The Hall–Kier alpha value is -4.96. The van der Waals surface area contributed by atoms with Crippen LogP contribution in [0, 0.1) is 35.3 Å².